The van der Waals surface area contributed by atoms with Crippen molar-refractivity contribution in [3.8, 4) is 33.9 Å². The molecule has 2 aromatic heterocycles. The van der Waals surface area contributed by atoms with Gasteiger partial charge in [0.15, 0.2) is 0 Å². The molecule has 0 spiro atoms. The maximum Gasteiger partial charge on any atom is 0.140 e. The zero-order valence-corrected chi connectivity index (χ0v) is 15.8. The van der Waals surface area contributed by atoms with Crippen molar-refractivity contribution < 1.29 is 4.39 Å². The van der Waals surface area contributed by atoms with Crippen molar-refractivity contribution in [2.45, 2.75) is 6.92 Å². The molecule has 0 amide bonds. The molecule has 5 rings (SSSR count). The van der Waals surface area contributed by atoms with Crippen molar-refractivity contribution in [3.63, 3.8) is 0 Å². The first kappa shape index (κ1) is 17.3. The van der Waals surface area contributed by atoms with E-state index in [1.54, 1.807) is 12.1 Å². The van der Waals surface area contributed by atoms with Gasteiger partial charge < -0.3 is 15.7 Å². The number of rotatable bonds is 3. The molecule has 0 saturated carbocycles. The highest BCUT2D eigenvalue weighted by Gasteiger charge is 2.19. The summed E-state index contributed by atoms with van der Waals surface area (Å²) >= 11 is 0. The van der Waals surface area contributed by atoms with Crippen molar-refractivity contribution in [3.05, 3.63) is 84.3 Å². The lowest BCUT2D eigenvalue weighted by Crippen LogP contribution is -1.85. The summed E-state index contributed by atoms with van der Waals surface area (Å²) in [7, 11) is 0. The molecule has 0 atom stereocenters. The summed E-state index contributed by atoms with van der Waals surface area (Å²) in [5.41, 5.74) is 13.3. The van der Waals surface area contributed by atoms with E-state index in [2.05, 4.69) is 9.97 Å². The molecule has 5 heteroatoms. The molecule has 0 aliphatic heterocycles. The van der Waals surface area contributed by atoms with Crippen LogP contribution < -0.4 is 5.73 Å². The zero-order chi connectivity index (χ0) is 20.0. The second-order valence-electron chi connectivity index (χ2n) is 7.11. The second-order valence-corrected chi connectivity index (χ2v) is 7.11. The minimum absolute atomic E-state index is 0.270. The minimum atomic E-state index is -0.270. The van der Waals surface area contributed by atoms with E-state index in [-0.39, 0.29) is 5.82 Å². The van der Waals surface area contributed by atoms with Gasteiger partial charge >= 0.3 is 0 Å². The van der Waals surface area contributed by atoms with Crippen LogP contribution in [0.5, 0.6) is 0 Å². The van der Waals surface area contributed by atoms with Gasteiger partial charge in [-0.3, -0.25) is 0 Å². The van der Waals surface area contributed by atoms with Crippen LogP contribution in [0.3, 0.4) is 0 Å². The zero-order valence-electron chi connectivity index (χ0n) is 15.8. The summed E-state index contributed by atoms with van der Waals surface area (Å²) < 4.78 is 13.5. The van der Waals surface area contributed by atoms with Crippen LogP contribution >= 0.6 is 0 Å². The summed E-state index contributed by atoms with van der Waals surface area (Å²) in [4.78, 5) is 11.8. The largest absolute Gasteiger partial charge is 0.399 e. The molecular formula is C24H19FN4. The van der Waals surface area contributed by atoms with Crippen molar-refractivity contribution in [2.24, 2.45) is 0 Å². The van der Waals surface area contributed by atoms with Gasteiger partial charge in [-0.25, -0.2) is 9.37 Å². The Bertz CT molecular complexity index is 1310. The van der Waals surface area contributed by atoms with Crippen molar-refractivity contribution in [1.82, 2.24) is 15.0 Å². The molecule has 0 radical (unpaired) electrons. The highest BCUT2D eigenvalue weighted by atomic mass is 19.1. The lowest BCUT2D eigenvalue weighted by atomic mass is 10.1. The molecular weight excluding hydrogens is 363 g/mol. The number of nitrogens with two attached hydrogens (primary N) is 1. The monoisotopic (exact) mass is 382 g/mol. The molecule has 29 heavy (non-hydrogen) atoms. The van der Waals surface area contributed by atoms with Crippen molar-refractivity contribution >= 4 is 16.6 Å². The number of hydrogen-bond acceptors (Lipinski definition) is 2. The second kappa shape index (κ2) is 6.63. The third kappa shape index (κ3) is 2.97. The number of aromatic nitrogens is 3. The lowest BCUT2D eigenvalue weighted by molar-refractivity contribution is 0.628. The summed E-state index contributed by atoms with van der Waals surface area (Å²) in [6, 6.07) is 22.2. The van der Waals surface area contributed by atoms with Gasteiger partial charge in [0.25, 0.3) is 0 Å². The van der Waals surface area contributed by atoms with Crippen molar-refractivity contribution in [2.75, 3.05) is 5.73 Å². The average Bonchev–Trinajstić information content (AvgIpc) is 3.29. The van der Waals surface area contributed by atoms with E-state index in [9.17, 15) is 4.39 Å². The molecule has 142 valence electrons. The molecule has 0 fully saturated rings. The van der Waals surface area contributed by atoms with Gasteiger partial charge in [0.1, 0.15) is 11.6 Å². The predicted molar refractivity (Wildman–Crippen MR) is 116 cm³/mol. The maximum atomic E-state index is 13.5. The molecule has 2 heterocycles. The number of fused-ring (bicyclic) bond motifs is 1. The van der Waals surface area contributed by atoms with Crippen LogP contribution in [-0.2, 0) is 0 Å². The summed E-state index contributed by atoms with van der Waals surface area (Å²) in [6.07, 6.45) is 0. The lowest BCUT2D eigenvalue weighted by Gasteiger charge is -2.03. The van der Waals surface area contributed by atoms with Gasteiger partial charge in [0.2, 0.25) is 0 Å². The highest BCUT2D eigenvalue weighted by molar-refractivity contribution is 5.98. The molecule has 4 N–H and O–H groups in total. The van der Waals surface area contributed by atoms with Crippen LogP contribution in [0.2, 0.25) is 0 Å². The van der Waals surface area contributed by atoms with Gasteiger partial charge in [-0.2, -0.15) is 0 Å². The van der Waals surface area contributed by atoms with E-state index in [0.29, 0.717) is 5.69 Å². The van der Waals surface area contributed by atoms with E-state index in [1.807, 2.05) is 55.5 Å². The fourth-order valence-electron chi connectivity index (χ4n) is 3.77. The number of imidazole rings is 1. The third-order valence-electron chi connectivity index (χ3n) is 5.13. The van der Waals surface area contributed by atoms with E-state index in [4.69, 9.17) is 10.7 Å². The molecule has 0 bridgehead atoms. The number of aryl methyl sites for hydroxylation is 1. The number of anilines is 1. The van der Waals surface area contributed by atoms with E-state index in [0.717, 1.165) is 50.5 Å². The molecule has 4 nitrogen and oxygen atoms in total. The topological polar surface area (TPSA) is 70.5 Å². The van der Waals surface area contributed by atoms with Crippen LogP contribution in [0.25, 0.3) is 44.8 Å². The van der Waals surface area contributed by atoms with E-state index < -0.39 is 0 Å². The van der Waals surface area contributed by atoms with Crippen LogP contribution in [-0.4, -0.2) is 15.0 Å². The molecule has 0 aliphatic rings. The summed E-state index contributed by atoms with van der Waals surface area (Å²) in [5.74, 6) is 0.478. The fraction of sp³-hybridized carbons (Fsp3) is 0.0417. The Kier molecular flexibility index (Phi) is 3.95. The standard InChI is InChI=1S/C24H19FN4/c1-14-21(19-13-18(26)11-12-20(19)27-14)24-28-22(15-5-3-2-4-6-15)23(29-24)16-7-9-17(25)10-8-16/h2-13,27H,26H2,1H3,(H,28,29). The number of H-pyrrole nitrogens is 2. The average molecular weight is 382 g/mol. The van der Waals surface area contributed by atoms with Crippen LogP contribution in [0.1, 0.15) is 5.69 Å². The summed E-state index contributed by atoms with van der Waals surface area (Å²) in [5, 5.41) is 1.02. The fourth-order valence-corrected chi connectivity index (χ4v) is 3.77. The van der Waals surface area contributed by atoms with Crippen LogP contribution in [0.4, 0.5) is 10.1 Å². The van der Waals surface area contributed by atoms with Crippen molar-refractivity contribution in [1.29, 1.82) is 0 Å². The van der Waals surface area contributed by atoms with E-state index in [1.165, 1.54) is 12.1 Å². The SMILES string of the molecule is Cc1[nH]c2ccc(N)cc2c1-c1nc(-c2ccc(F)cc2)c(-c2ccccc2)[nH]1. The number of nitrogens with zero attached hydrogens (tertiary/aromatic N) is 1. The Hall–Kier alpha value is -3.86. The Morgan fingerprint density at radius 3 is 2.38 bits per heavy atom. The third-order valence-corrected chi connectivity index (χ3v) is 5.13. The summed E-state index contributed by atoms with van der Waals surface area (Å²) in [6.45, 7) is 2.02. The van der Waals surface area contributed by atoms with Gasteiger partial charge in [-0.15, -0.1) is 0 Å². The quantitative estimate of drug-likeness (QED) is 0.339. The number of nitrogens with one attached hydrogen (secondary N) is 2. The maximum absolute atomic E-state index is 13.5. The van der Waals surface area contributed by atoms with Gasteiger partial charge in [0, 0.05) is 39.0 Å². The van der Waals surface area contributed by atoms with Gasteiger partial charge in [0.05, 0.1) is 11.4 Å². The predicted octanol–water partition coefficient (Wildman–Crippen LogP) is 5.92. The highest BCUT2D eigenvalue weighted by Crippen LogP contribution is 2.37. The first-order valence-electron chi connectivity index (χ1n) is 9.39. The number of hydrogen-bond donors (Lipinski definition) is 3. The van der Waals surface area contributed by atoms with E-state index >= 15 is 0 Å². The Labute approximate surface area is 167 Å². The molecule has 0 saturated heterocycles. The van der Waals surface area contributed by atoms with Gasteiger partial charge in [-0.1, -0.05) is 30.3 Å². The first-order chi connectivity index (χ1) is 14.1. The Balaban J connectivity index is 1.77. The number of aromatic amines is 2. The molecule has 0 aliphatic carbocycles. The smallest absolute Gasteiger partial charge is 0.140 e. The molecule has 3 aromatic carbocycles. The normalized spacial score (nSPS) is 11.2. The number of halogens is 1. The Morgan fingerprint density at radius 2 is 1.62 bits per heavy atom. The number of nitrogen functional groups attached to an aromatic ring is 1. The van der Waals surface area contributed by atoms with Crippen LogP contribution in [0, 0.1) is 12.7 Å². The Morgan fingerprint density at radius 1 is 0.862 bits per heavy atom. The van der Waals surface area contributed by atoms with Crippen LogP contribution in [0.15, 0.2) is 72.8 Å². The van der Waals surface area contributed by atoms with Gasteiger partial charge in [-0.05, 0) is 49.4 Å². The number of benzene rings is 3. The minimum Gasteiger partial charge on any atom is -0.399 e. The first-order valence-corrected chi connectivity index (χ1v) is 9.39. The molecule has 5 aromatic rings. The molecule has 0 unspecified atom stereocenters.